The number of aryl methyl sites for hydroxylation is 2. The summed E-state index contributed by atoms with van der Waals surface area (Å²) in [4.78, 5) is 81.4. The van der Waals surface area contributed by atoms with Crippen LogP contribution in [0, 0.1) is 35.3 Å². The predicted molar refractivity (Wildman–Crippen MR) is 315 cm³/mol. The number of halogens is 2. The normalized spacial score (nSPS) is 12.5. The number of fused-ring (bicyclic) bond motifs is 4. The number of amides is 1. The number of esters is 2. The molecule has 8 heterocycles. The maximum Gasteiger partial charge on any atom is 0.408 e. The molecule has 0 radical (unpaired) electrons. The van der Waals surface area contributed by atoms with Gasteiger partial charge in [0.15, 0.2) is 42.9 Å². The van der Waals surface area contributed by atoms with Gasteiger partial charge in [-0.15, -0.1) is 0 Å². The molecule has 6 aromatic heterocycles. The topological polar surface area (TPSA) is 293 Å². The SMILES string of the molecule is COC(=O)c1cc2c(cc1CS(C)(=O)=O)-c1cn(C)c(=O)c3[nH]cc(c13)CN2c1ncc(C#CCN)cc1F.COC(=O)c1cc2c(cc1CS(C)(=O)=O)-c1cn(C)c(=O)c3[nH]cc(c13)CN2c1ncc(C#CCNC(=O)OC(C)(C)C)cc1F. The molecule has 22 nitrogen and oxygen atoms in total. The standard InChI is InChI=1S/C32H32FN5O7S.C27H24FN5O5S/c1-32(2,3)45-31(41)34-9-7-8-18-10-24(33)28(36-13-18)38-15-20-14-35-27-26(20)23(16-37(4)29(27)39)22-11-19(17-46(6,42)43)21(12-25(22)38)30(40)44-5;1-32-13-20-19-8-16(14-39(3,36)37)18(27(35)38-2)9-22(19)33(12-17-11-30-24(23(17)20)26(32)34)25-21(28)7-15(10-31-25)5-4-6-29/h10-14,16,35H,9,15,17H2,1-6H3,(H,34,41);7-11,13,30H,6,12,14,29H2,1-3H3. The van der Waals surface area contributed by atoms with Gasteiger partial charge in [-0.1, -0.05) is 23.7 Å². The minimum atomic E-state index is -3.59. The molecular formula is C59H56F2N10O12S2. The summed E-state index contributed by atoms with van der Waals surface area (Å²) >= 11 is 0. The zero-order valence-corrected chi connectivity index (χ0v) is 49.0. The Kier molecular flexibility index (Phi) is 16.4. The molecule has 0 saturated heterocycles. The maximum absolute atomic E-state index is 15.9. The number of aromatic nitrogens is 6. The first-order valence-corrected chi connectivity index (χ1v) is 30.0. The number of ether oxygens (including phenoxy) is 3. The minimum absolute atomic E-state index is 0.00809. The number of sulfone groups is 2. The molecule has 0 aliphatic carbocycles. The number of alkyl carbamates (subject to hydrolysis) is 1. The van der Waals surface area contributed by atoms with E-state index >= 15 is 8.78 Å². The first-order valence-electron chi connectivity index (χ1n) is 25.8. The smallest absolute Gasteiger partial charge is 0.408 e. The molecule has 2 aromatic carbocycles. The van der Waals surface area contributed by atoms with Gasteiger partial charge in [-0.3, -0.25) is 9.59 Å². The number of carbonyl (C=O) groups excluding carboxylic acids is 3. The number of anilines is 4. The number of benzene rings is 2. The fourth-order valence-corrected chi connectivity index (χ4v) is 11.7. The number of hydrogen-bond acceptors (Lipinski definition) is 17. The second kappa shape index (κ2) is 23.2. The van der Waals surface area contributed by atoms with Crippen LogP contribution in [0.4, 0.5) is 36.6 Å². The molecule has 85 heavy (non-hydrogen) atoms. The Morgan fingerprint density at radius 1 is 0.682 bits per heavy atom. The van der Waals surface area contributed by atoms with Crippen molar-refractivity contribution in [3.05, 3.63) is 150 Å². The van der Waals surface area contributed by atoms with Crippen molar-refractivity contribution in [2.45, 2.75) is 51.0 Å². The van der Waals surface area contributed by atoms with E-state index in [2.05, 4.69) is 48.9 Å². The van der Waals surface area contributed by atoms with E-state index in [0.717, 1.165) is 12.5 Å². The fourth-order valence-electron chi connectivity index (χ4n) is 10.1. The molecular weight excluding hydrogens is 1140 g/mol. The highest BCUT2D eigenvalue weighted by molar-refractivity contribution is 7.90. The van der Waals surface area contributed by atoms with Gasteiger partial charge in [-0.05, 0) is 79.4 Å². The monoisotopic (exact) mass is 1200 g/mol. The van der Waals surface area contributed by atoms with Crippen LogP contribution in [0.25, 0.3) is 44.1 Å². The molecule has 26 heteroatoms. The summed E-state index contributed by atoms with van der Waals surface area (Å²) in [6.45, 7) is 5.42. The number of nitrogens with two attached hydrogens (primary N) is 1. The Labute approximate surface area is 485 Å². The molecule has 2 aliphatic heterocycles. The van der Waals surface area contributed by atoms with Gasteiger partial charge in [0.25, 0.3) is 11.1 Å². The van der Waals surface area contributed by atoms with E-state index in [1.54, 1.807) is 81.6 Å². The number of pyridine rings is 4. The molecule has 10 rings (SSSR count). The number of carbonyl (C=O) groups is 3. The van der Waals surface area contributed by atoms with Crippen LogP contribution in [0.5, 0.6) is 0 Å². The number of rotatable bonds is 9. The van der Waals surface area contributed by atoms with Crippen molar-refractivity contribution in [2.75, 3.05) is 49.6 Å². The summed E-state index contributed by atoms with van der Waals surface area (Å²) in [6.07, 6.45) is 10.9. The van der Waals surface area contributed by atoms with Crippen molar-refractivity contribution in [3.63, 3.8) is 0 Å². The third-order valence-electron chi connectivity index (χ3n) is 13.5. The van der Waals surface area contributed by atoms with Gasteiger partial charge < -0.3 is 54.2 Å². The van der Waals surface area contributed by atoms with Gasteiger partial charge in [0.2, 0.25) is 0 Å². The number of aromatic amines is 2. The minimum Gasteiger partial charge on any atom is -0.465 e. The lowest BCUT2D eigenvalue weighted by Gasteiger charge is -2.26. The predicted octanol–water partition coefficient (Wildman–Crippen LogP) is 6.29. The Balaban J connectivity index is 0.000000206. The van der Waals surface area contributed by atoms with Gasteiger partial charge in [-0.2, -0.15) is 0 Å². The average molecular weight is 1200 g/mol. The van der Waals surface area contributed by atoms with Crippen molar-refractivity contribution in [1.29, 1.82) is 0 Å². The summed E-state index contributed by atoms with van der Waals surface area (Å²) < 4.78 is 98.7. The largest absolute Gasteiger partial charge is 0.465 e. The van der Waals surface area contributed by atoms with E-state index in [1.165, 1.54) is 60.0 Å². The van der Waals surface area contributed by atoms with Gasteiger partial charge in [0, 0.05) is 108 Å². The van der Waals surface area contributed by atoms with Crippen molar-refractivity contribution >= 4 is 82.5 Å². The van der Waals surface area contributed by atoms with Crippen molar-refractivity contribution < 1.29 is 54.2 Å². The molecule has 0 bridgehead atoms. The van der Waals surface area contributed by atoms with Crippen LogP contribution in [0.3, 0.4) is 0 Å². The first-order chi connectivity index (χ1) is 40.1. The lowest BCUT2D eigenvalue weighted by atomic mass is 9.96. The molecule has 2 aliphatic rings. The van der Waals surface area contributed by atoms with Crippen LogP contribution in [-0.4, -0.2) is 109 Å². The summed E-state index contributed by atoms with van der Waals surface area (Å²) in [5.74, 6) is 6.97. The van der Waals surface area contributed by atoms with Crippen LogP contribution in [0.1, 0.15) is 74.9 Å². The molecule has 5 N–H and O–H groups in total. The van der Waals surface area contributed by atoms with Crippen molar-refractivity contribution in [1.82, 2.24) is 34.4 Å². The van der Waals surface area contributed by atoms with E-state index in [0.29, 0.717) is 72.1 Å². The third-order valence-corrected chi connectivity index (χ3v) is 15.2. The molecule has 8 aromatic rings. The van der Waals surface area contributed by atoms with Gasteiger partial charge in [0.05, 0.1) is 74.4 Å². The highest BCUT2D eigenvalue weighted by atomic mass is 32.2. The van der Waals surface area contributed by atoms with Crippen molar-refractivity contribution in [3.8, 4) is 45.9 Å². The second-order valence-electron chi connectivity index (χ2n) is 21.1. The van der Waals surface area contributed by atoms with Gasteiger partial charge in [0.1, 0.15) is 16.6 Å². The van der Waals surface area contributed by atoms with Gasteiger partial charge in [-0.25, -0.2) is 50.0 Å². The number of H-pyrrole nitrogens is 2. The Morgan fingerprint density at radius 3 is 1.48 bits per heavy atom. The zero-order valence-electron chi connectivity index (χ0n) is 47.4. The molecule has 1 amide bonds. The summed E-state index contributed by atoms with van der Waals surface area (Å²) in [5.41, 5.74) is 10.1. The highest BCUT2D eigenvalue weighted by Crippen LogP contribution is 2.47. The molecule has 0 spiro atoms. The van der Waals surface area contributed by atoms with Crippen LogP contribution >= 0.6 is 0 Å². The van der Waals surface area contributed by atoms with E-state index in [4.69, 9.17) is 19.9 Å². The van der Waals surface area contributed by atoms with Crippen LogP contribution in [0.15, 0.2) is 83.2 Å². The zero-order chi connectivity index (χ0) is 61.6. The van der Waals surface area contributed by atoms with Crippen molar-refractivity contribution in [2.24, 2.45) is 19.8 Å². The number of methoxy groups -OCH3 is 2. The number of hydrogen-bond donors (Lipinski definition) is 4. The fraction of sp³-hybridized carbons (Fsp3) is 0.271. The quantitative estimate of drug-likeness (QED) is 0.0701. The second-order valence-corrected chi connectivity index (χ2v) is 25.4. The lowest BCUT2D eigenvalue weighted by Crippen LogP contribution is -2.32. The maximum atomic E-state index is 15.9. The Morgan fingerprint density at radius 2 is 1.11 bits per heavy atom. The van der Waals surface area contributed by atoms with E-state index < -0.39 is 66.4 Å². The third kappa shape index (κ3) is 12.5. The van der Waals surface area contributed by atoms with Crippen LogP contribution in [-0.2, 0) is 72.6 Å². The first kappa shape index (κ1) is 60.0. The van der Waals surface area contributed by atoms with Gasteiger partial charge >= 0.3 is 18.0 Å². The Bertz CT molecular complexity index is 4620. The number of nitrogens with one attached hydrogen (secondary N) is 3. The lowest BCUT2D eigenvalue weighted by molar-refractivity contribution is 0.0532. The van der Waals surface area contributed by atoms with E-state index in [9.17, 15) is 40.8 Å². The summed E-state index contributed by atoms with van der Waals surface area (Å²) in [6, 6.07) is 8.53. The molecule has 0 unspecified atom stereocenters. The average Bonchev–Trinajstić information content (AvgIpc) is 4.25. The Hall–Kier alpha value is -9.63. The summed E-state index contributed by atoms with van der Waals surface area (Å²) in [7, 11) is -1.58. The van der Waals surface area contributed by atoms with E-state index in [1.807, 2.05) is 0 Å². The molecule has 0 fully saturated rings. The molecule has 440 valence electrons. The summed E-state index contributed by atoms with van der Waals surface area (Å²) in [5, 5.41) is 3.71. The van der Waals surface area contributed by atoms with Crippen LogP contribution < -0.4 is 32.0 Å². The number of nitrogens with zero attached hydrogens (tertiary/aromatic N) is 6. The van der Waals surface area contributed by atoms with E-state index in [-0.39, 0.29) is 76.8 Å². The molecule has 0 saturated carbocycles. The van der Waals surface area contributed by atoms with Crippen LogP contribution in [0.2, 0.25) is 0 Å². The highest BCUT2D eigenvalue weighted by Gasteiger charge is 2.33. The molecule has 0 atom stereocenters.